The zero-order valence-corrected chi connectivity index (χ0v) is 14.6. The quantitative estimate of drug-likeness (QED) is 0.835. The van der Waals surface area contributed by atoms with Crippen molar-refractivity contribution >= 4 is 28.6 Å². The molecule has 1 aromatic heterocycles. The molecule has 1 aromatic carbocycles. The lowest BCUT2D eigenvalue weighted by atomic mass is 10.1. The number of benzene rings is 1. The summed E-state index contributed by atoms with van der Waals surface area (Å²) in [6, 6.07) is 12.3. The minimum Gasteiger partial charge on any atom is -0.331 e. The van der Waals surface area contributed by atoms with Gasteiger partial charge in [0.1, 0.15) is 0 Å². The Kier molecular flexibility index (Phi) is 4.10. The van der Waals surface area contributed by atoms with Gasteiger partial charge in [-0.25, -0.2) is 0 Å². The van der Waals surface area contributed by atoms with Crippen molar-refractivity contribution in [2.24, 2.45) is 5.10 Å². The van der Waals surface area contributed by atoms with Crippen molar-refractivity contribution in [3.05, 3.63) is 52.2 Å². The molecule has 4 rings (SSSR count). The van der Waals surface area contributed by atoms with E-state index in [0.717, 1.165) is 49.3 Å². The lowest BCUT2D eigenvalue weighted by Crippen LogP contribution is -2.30. The van der Waals surface area contributed by atoms with Crippen LogP contribution in [0, 0.1) is 0 Å². The van der Waals surface area contributed by atoms with E-state index in [2.05, 4.69) is 29.5 Å². The van der Waals surface area contributed by atoms with E-state index < -0.39 is 0 Å². The fraction of sp³-hybridized carbons (Fsp3) is 0.368. The highest BCUT2D eigenvalue weighted by atomic mass is 32.1. The summed E-state index contributed by atoms with van der Waals surface area (Å²) in [7, 11) is 0. The molecule has 2 aromatic rings. The van der Waals surface area contributed by atoms with E-state index in [1.807, 2.05) is 34.2 Å². The first-order valence-electron chi connectivity index (χ1n) is 8.48. The van der Waals surface area contributed by atoms with Gasteiger partial charge in [0, 0.05) is 35.7 Å². The van der Waals surface area contributed by atoms with Gasteiger partial charge in [-0.3, -0.25) is 9.80 Å². The molecule has 1 atom stereocenters. The van der Waals surface area contributed by atoms with Crippen LogP contribution in [0.25, 0.3) is 0 Å². The van der Waals surface area contributed by atoms with E-state index in [0.29, 0.717) is 0 Å². The normalized spacial score (nSPS) is 20.5. The Labute approximate surface area is 146 Å². The number of likely N-dealkylation sites (tertiary alicyclic amines) is 1. The van der Waals surface area contributed by atoms with Gasteiger partial charge in [0.2, 0.25) is 0 Å². The number of carbonyl (C=O) groups is 1. The summed E-state index contributed by atoms with van der Waals surface area (Å²) >= 11 is 1.74. The highest BCUT2D eigenvalue weighted by Crippen LogP contribution is 2.35. The first kappa shape index (κ1) is 15.4. The minimum absolute atomic E-state index is 0.138. The molecular weight excluding hydrogens is 318 g/mol. The molecule has 24 heavy (non-hydrogen) atoms. The summed E-state index contributed by atoms with van der Waals surface area (Å²) < 4.78 is 0. The van der Waals surface area contributed by atoms with E-state index in [1.165, 1.54) is 4.88 Å². The second-order valence-corrected chi connectivity index (χ2v) is 7.41. The van der Waals surface area contributed by atoms with Crippen LogP contribution in [-0.2, 0) is 0 Å². The Morgan fingerprint density at radius 1 is 1.21 bits per heavy atom. The number of amides is 1. The average Bonchev–Trinajstić information content (AvgIpc) is 3.35. The Balaban J connectivity index is 1.52. The number of hydrogen-bond donors (Lipinski definition) is 0. The summed E-state index contributed by atoms with van der Waals surface area (Å²) in [5.41, 5.74) is 2.98. The second-order valence-electron chi connectivity index (χ2n) is 6.43. The van der Waals surface area contributed by atoms with Gasteiger partial charge in [-0.15, -0.1) is 11.3 Å². The molecule has 1 unspecified atom stereocenters. The van der Waals surface area contributed by atoms with E-state index in [9.17, 15) is 4.79 Å². The SMILES string of the molecule is CC1=NN(c2ccc(C(=O)N3CCCC3c3cccs3)cc2)CC1. The first-order valence-corrected chi connectivity index (χ1v) is 9.36. The highest BCUT2D eigenvalue weighted by Gasteiger charge is 2.31. The minimum atomic E-state index is 0.138. The molecule has 0 bridgehead atoms. The largest absolute Gasteiger partial charge is 0.331 e. The molecule has 1 fully saturated rings. The van der Waals surface area contributed by atoms with Crippen LogP contribution < -0.4 is 5.01 Å². The molecule has 0 spiro atoms. The third-order valence-corrected chi connectivity index (χ3v) is 5.75. The van der Waals surface area contributed by atoms with E-state index in [1.54, 1.807) is 11.3 Å². The first-order chi connectivity index (χ1) is 11.7. The lowest BCUT2D eigenvalue weighted by molar-refractivity contribution is 0.0738. The molecule has 0 radical (unpaired) electrons. The number of rotatable bonds is 3. The highest BCUT2D eigenvalue weighted by molar-refractivity contribution is 7.10. The van der Waals surface area contributed by atoms with E-state index in [-0.39, 0.29) is 11.9 Å². The Hall–Kier alpha value is -2.14. The van der Waals surface area contributed by atoms with Crippen molar-refractivity contribution in [2.45, 2.75) is 32.2 Å². The van der Waals surface area contributed by atoms with Crippen LogP contribution in [0.5, 0.6) is 0 Å². The molecule has 0 N–H and O–H groups in total. The monoisotopic (exact) mass is 339 g/mol. The van der Waals surface area contributed by atoms with Crippen LogP contribution in [-0.4, -0.2) is 29.6 Å². The molecule has 1 saturated heterocycles. The van der Waals surface area contributed by atoms with Gasteiger partial charge in [-0.2, -0.15) is 5.10 Å². The zero-order valence-electron chi connectivity index (χ0n) is 13.8. The Morgan fingerprint density at radius 3 is 2.71 bits per heavy atom. The molecule has 0 aliphatic carbocycles. The predicted molar refractivity (Wildman–Crippen MR) is 98.8 cm³/mol. The summed E-state index contributed by atoms with van der Waals surface area (Å²) in [6.07, 6.45) is 3.15. The fourth-order valence-corrected chi connectivity index (χ4v) is 4.36. The van der Waals surface area contributed by atoms with E-state index >= 15 is 0 Å². The smallest absolute Gasteiger partial charge is 0.254 e. The molecule has 1 amide bonds. The molecule has 3 heterocycles. The van der Waals surface area contributed by atoms with Crippen LogP contribution in [0.1, 0.15) is 47.5 Å². The van der Waals surface area contributed by atoms with Crippen LogP contribution in [0.2, 0.25) is 0 Å². The van der Waals surface area contributed by atoms with Gasteiger partial charge in [0.05, 0.1) is 11.7 Å². The van der Waals surface area contributed by atoms with Crippen molar-refractivity contribution in [3.8, 4) is 0 Å². The van der Waals surface area contributed by atoms with E-state index in [4.69, 9.17) is 0 Å². The number of carbonyl (C=O) groups excluding carboxylic acids is 1. The molecule has 2 aliphatic rings. The molecule has 5 heteroatoms. The van der Waals surface area contributed by atoms with Gasteiger partial charge in [-0.1, -0.05) is 6.07 Å². The summed E-state index contributed by atoms with van der Waals surface area (Å²) in [6.45, 7) is 3.82. The zero-order chi connectivity index (χ0) is 16.5. The Bertz CT molecular complexity index is 751. The number of hydrazone groups is 1. The number of nitrogens with zero attached hydrogens (tertiary/aromatic N) is 3. The molecule has 124 valence electrons. The maximum Gasteiger partial charge on any atom is 0.254 e. The number of thiophene rings is 1. The van der Waals surface area contributed by atoms with Gasteiger partial charge < -0.3 is 4.90 Å². The third-order valence-electron chi connectivity index (χ3n) is 4.77. The van der Waals surface area contributed by atoms with Crippen molar-refractivity contribution < 1.29 is 4.79 Å². The fourth-order valence-electron chi connectivity index (χ4n) is 3.49. The average molecular weight is 339 g/mol. The van der Waals surface area contributed by atoms with Crippen LogP contribution in [0.3, 0.4) is 0 Å². The molecular formula is C19H21N3OS. The maximum atomic E-state index is 12.9. The molecule has 4 nitrogen and oxygen atoms in total. The standard InChI is InChI=1S/C19H21N3OS/c1-14-10-12-22(20-14)16-8-6-15(7-9-16)19(23)21-11-2-4-17(21)18-5-3-13-24-18/h3,5-9,13,17H,2,4,10-12H2,1H3. The molecule has 0 saturated carbocycles. The molecule has 2 aliphatic heterocycles. The van der Waals surface area contributed by atoms with Crippen LogP contribution in [0.15, 0.2) is 46.9 Å². The number of anilines is 1. The van der Waals surface area contributed by atoms with Crippen molar-refractivity contribution in [3.63, 3.8) is 0 Å². The third kappa shape index (κ3) is 2.84. The lowest BCUT2D eigenvalue weighted by Gasteiger charge is -2.24. The second kappa shape index (κ2) is 6.40. The van der Waals surface area contributed by atoms with Crippen LogP contribution in [0.4, 0.5) is 5.69 Å². The summed E-state index contributed by atoms with van der Waals surface area (Å²) in [4.78, 5) is 16.2. The van der Waals surface area contributed by atoms with Crippen molar-refractivity contribution in [1.82, 2.24) is 4.90 Å². The van der Waals surface area contributed by atoms with Gasteiger partial charge in [0.25, 0.3) is 5.91 Å². The van der Waals surface area contributed by atoms with Crippen LogP contribution >= 0.6 is 11.3 Å². The summed E-state index contributed by atoms with van der Waals surface area (Å²) in [5, 5.41) is 8.61. The number of hydrogen-bond acceptors (Lipinski definition) is 4. The predicted octanol–water partition coefficient (Wildman–Crippen LogP) is 4.31. The summed E-state index contributed by atoms with van der Waals surface area (Å²) in [5.74, 6) is 0.138. The topological polar surface area (TPSA) is 35.9 Å². The maximum absolute atomic E-state index is 12.9. The Morgan fingerprint density at radius 2 is 2.04 bits per heavy atom. The van der Waals surface area contributed by atoms with Gasteiger partial charge in [-0.05, 0) is 55.5 Å². The van der Waals surface area contributed by atoms with Gasteiger partial charge in [0.15, 0.2) is 0 Å². The van der Waals surface area contributed by atoms with Crippen molar-refractivity contribution in [2.75, 3.05) is 18.1 Å². The van der Waals surface area contributed by atoms with Gasteiger partial charge >= 0.3 is 0 Å². The van der Waals surface area contributed by atoms with Crippen molar-refractivity contribution in [1.29, 1.82) is 0 Å².